The maximum absolute atomic E-state index is 13.3. The molecule has 2 aromatic carbocycles. The van der Waals surface area contributed by atoms with Crippen molar-refractivity contribution in [3.05, 3.63) is 59.7 Å². The lowest BCUT2D eigenvalue weighted by Gasteiger charge is -2.24. The second kappa shape index (κ2) is 7.05. The minimum Gasteiger partial charge on any atom is -0.260 e. The van der Waals surface area contributed by atoms with Crippen molar-refractivity contribution >= 4 is 37.0 Å². The van der Waals surface area contributed by atoms with Gasteiger partial charge in [0.2, 0.25) is 0 Å². The summed E-state index contributed by atoms with van der Waals surface area (Å²) < 4.78 is 53.8. The molecule has 0 radical (unpaired) electrons. The molecule has 3 rings (SSSR count). The maximum atomic E-state index is 13.3. The third-order valence-corrected chi connectivity index (χ3v) is 9.52. The highest BCUT2D eigenvalue weighted by Crippen LogP contribution is 2.32. The smallest absolute Gasteiger partial charge is 0.260 e. The number of thioether (sulfide) groups is 1. The van der Waals surface area contributed by atoms with Crippen molar-refractivity contribution in [1.82, 2.24) is 3.71 Å². The van der Waals surface area contributed by atoms with Crippen molar-refractivity contribution in [2.75, 3.05) is 12.3 Å². The normalized spacial score (nSPS) is 14.9. The van der Waals surface area contributed by atoms with Crippen molar-refractivity contribution in [2.24, 2.45) is 4.99 Å². The van der Waals surface area contributed by atoms with Crippen LogP contribution in [0.15, 0.2) is 63.3 Å². The number of nitrogens with zero attached hydrogens (tertiary/aromatic N) is 2. The first-order chi connectivity index (χ1) is 12.3. The van der Waals surface area contributed by atoms with Crippen LogP contribution in [0, 0.1) is 13.8 Å². The summed E-state index contributed by atoms with van der Waals surface area (Å²) >= 11 is 1.12. The van der Waals surface area contributed by atoms with Gasteiger partial charge >= 0.3 is 0 Å². The molecule has 0 atom stereocenters. The zero-order valence-corrected chi connectivity index (χ0v) is 16.7. The number of aliphatic imine (C=N–C) groups is 1. The van der Waals surface area contributed by atoms with E-state index in [1.165, 1.54) is 12.1 Å². The van der Waals surface area contributed by atoms with Crippen molar-refractivity contribution < 1.29 is 16.8 Å². The van der Waals surface area contributed by atoms with Crippen LogP contribution < -0.4 is 0 Å². The van der Waals surface area contributed by atoms with Crippen LogP contribution in [0.2, 0.25) is 0 Å². The first-order valence-electron chi connectivity index (χ1n) is 7.85. The summed E-state index contributed by atoms with van der Waals surface area (Å²) in [5, 5.41) is -0.0171. The molecule has 0 saturated heterocycles. The Morgan fingerprint density at radius 3 is 1.69 bits per heavy atom. The van der Waals surface area contributed by atoms with Crippen LogP contribution >= 0.6 is 11.8 Å². The predicted octanol–water partition coefficient (Wildman–Crippen LogP) is 2.79. The first-order valence-corrected chi connectivity index (χ1v) is 11.7. The molecule has 0 saturated carbocycles. The van der Waals surface area contributed by atoms with Crippen LogP contribution in [-0.2, 0) is 20.0 Å². The predicted molar refractivity (Wildman–Crippen MR) is 103 cm³/mol. The molecule has 2 aromatic rings. The molecular weight excluding hydrogens is 392 g/mol. The van der Waals surface area contributed by atoms with Crippen molar-refractivity contribution in [1.29, 1.82) is 0 Å². The highest BCUT2D eigenvalue weighted by atomic mass is 32.3. The molecule has 6 nitrogen and oxygen atoms in total. The van der Waals surface area contributed by atoms with Gasteiger partial charge in [-0.25, -0.2) is 0 Å². The van der Waals surface area contributed by atoms with Gasteiger partial charge < -0.3 is 0 Å². The van der Waals surface area contributed by atoms with Gasteiger partial charge in [-0.2, -0.15) is 16.8 Å². The largest absolute Gasteiger partial charge is 0.279 e. The minimum atomic E-state index is -4.34. The molecule has 0 spiro atoms. The molecule has 0 N–H and O–H groups in total. The highest BCUT2D eigenvalue weighted by Gasteiger charge is 2.41. The van der Waals surface area contributed by atoms with Gasteiger partial charge in [-0.05, 0) is 37.1 Å². The zero-order valence-electron chi connectivity index (χ0n) is 14.3. The molecule has 1 aliphatic rings. The van der Waals surface area contributed by atoms with E-state index >= 15 is 0 Å². The molecule has 138 valence electrons. The van der Waals surface area contributed by atoms with E-state index in [2.05, 4.69) is 4.99 Å². The molecule has 0 fully saturated rings. The quantitative estimate of drug-likeness (QED) is 0.774. The van der Waals surface area contributed by atoms with Gasteiger partial charge in [-0.3, -0.25) is 4.99 Å². The summed E-state index contributed by atoms with van der Waals surface area (Å²) in [6.45, 7) is 3.65. The third kappa shape index (κ3) is 3.26. The summed E-state index contributed by atoms with van der Waals surface area (Å²) in [5.74, 6) is 0.540. The number of sulfonamides is 2. The van der Waals surface area contributed by atoms with Crippen molar-refractivity contribution in [3.63, 3.8) is 0 Å². The Kier molecular flexibility index (Phi) is 5.14. The topological polar surface area (TPSA) is 83.9 Å². The number of rotatable bonds is 4. The minimum absolute atomic E-state index is 0.0171. The van der Waals surface area contributed by atoms with Crippen LogP contribution in [0.1, 0.15) is 11.1 Å². The van der Waals surface area contributed by atoms with E-state index in [1.54, 1.807) is 50.2 Å². The Labute approximate surface area is 158 Å². The highest BCUT2D eigenvalue weighted by molar-refractivity contribution is 8.17. The first kappa shape index (κ1) is 18.9. The van der Waals surface area contributed by atoms with E-state index < -0.39 is 20.0 Å². The SMILES string of the molecule is Cc1ccccc1S(=O)(=O)N(C1=NCCS1)S(=O)(=O)c1ccccc1C. The summed E-state index contributed by atoms with van der Waals surface area (Å²) in [4.78, 5) is 4.03. The van der Waals surface area contributed by atoms with Gasteiger partial charge in [0.25, 0.3) is 20.0 Å². The number of benzene rings is 2. The maximum Gasteiger partial charge on any atom is 0.279 e. The van der Waals surface area contributed by atoms with E-state index in [1.807, 2.05) is 0 Å². The van der Waals surface area contributed by atoms with Crippen LogP contribution in [-0.4, -0.2) is 38.0 Å². The Morgan fingerprint density at radius 2 is 1.31 bits per heavy atom. The van der Waals surface area contributed by atoms with Gasteiger partial charge in [0, 0.05) is 5.75 Å². The van der Waals surface area contributed by atoms with Gasteiger partial charge in [-0.1, -0.05) is 48.2 Å². The molecule has 0 aliphatic carbocycles. The molecule has 1 aliphatic heterocycles. The Morgan fingerprint density at radius 1 is 0.846 bits per heavy atom. The molecule has 1 heterocycles. The fourth-order valence-electron chi connectivity index (χ4n) is 2.64. The standard InChI is InChI=1S/C17H18N2O4S3/c1-13-7-3-5-9-15(13)25(20,21)19(17-18-11-12-24-17)26(22,23)16-10-6-4-8-14(16)2/h3-10H,11-12H2,1-2H3. The van der Waals surface area contributed by atoms with Crippen LogP contribution in [0.3, 0.4) is 0 Å². The van der Waals surface area contributed by atoms with Crippen molar-refractivity contribution in [3.8, 4) is 0 Å². The van der Waals surface area contributed by atoms with Crippen molar-refractivity contribution in [2.45, 2.75) is 23.6 Å². The summed E-state index contributed by atoms with van der Waals surface area (Å²) in [7, 11) is -8.69. The fourth-order valence-corrected chi connectivity index (χ4v) is 8.05. The molecule has 9 heteroatoms. The number of aryl methyl sites for hydroxylation is 2. The van der Waals surface area contributed by atoms with E-state index in [-0.39, 0.29) is 15.0 Å². The average Bonchev–Trinajstić information content (AvgIpc) is 3.08. The number of hydrogen-bond donors (Lipinski definition) is 0. The summed E-state index contributed by atoms with van der Waals surface area (Å²) in [6.07, 6.45) is 0. The molecule has 0 bridgehead atoms. The Balaban J connectivity index is 2.26. The third-order valence-electron chi connectivity index (χ3n) is 3.91. The summed E-state index contributed by atoms with van der Waals surface area (Å²) in [6, 6.07) is 12.6. The van der Waals surface area contributed by atoms with Gasteiger partial charge in [0.05, 0.1) is 16.3 Å². The fraction of sp³-hybridized carbons (Fsp3) is 0.235. The van der Waals surface area contributed by atoms with Crippen LogP contribution in [0.5, 0.6) is 0 Å². The monoisotopic (exact) mass is 410 g/mol. The molecule has 0 unspecified atom stereocenters. The lowest BCUT2D eigenvalue weighted by molar-refractivity contribution is 0.546. The van der Waals surface area contributed by atoms with E-state index in [4.69, 9.17) is 0 Å². The molecular formula is C17H18N2O4S3. The Bertz CT molecular complexity index is 1000. The molecule has 0 aromatic heterocycles. The van der Waals surface area contributed by atoms with Gasteiger partial charge in [-0.15, -0.1) is 3.71 Å². The van der Waals surface area contributed by atoms with Gasteiger partial charge in [0.1, 0.15) is 0 Å². The van der Waals surface area contributed by atoms with E-state index in [0.717, 1.165) is 11.8 Å². The Hall–Kier alpha value is -1.84. The van der Waals surface area contributed by atoms with E-state index in [9.17, 15) is 16.8 Å². The second-order valence-corrected chi connectivity index (χ2v) is 10.6. The lowest BCUT2D eigenvalue weighted by Crippen LogP contribution is -2.40. The summed E-state index contributed by atoms with van der Waals surface area (Å²) in [5.41, 5.74) is 0.946. The number of hydrogen-bond acceptors (Lipinski definition) is 6. The number of amidine groups is 1. The molecule has 0 amide bonds. The lowest BCUT2D eigenvalue weighted by atomic mass is 10.2. The van der Waals surface area contributed by atoms with Crippen LogP contribution in [0.4, 0.5) is 0 Å². The van der Waals surface area contributed by atoms with E-state index in [0.29, 0.717) is 27.1 Å². The molecule has 26 heavy (non-hydrogen) atoms. The zero-order chi connectivity index (χ0) is 18.9. The van der Waals surface area contributed by atoms with Crippen LogP contribution in [0.25, 0.3) is 0 Å². The second-order valence-electron chi connectivity index (χ2n) is 5.75. The average molecular weight is 411 g/mol. The van der Waals surface area contributed by atoms with Gasteiger partial charge in [0.15, 0.2) is 5.17 Å².